The van der Waals surface area contributed by atoms with Crippen LogP contribution in [0.5, 0.6) is 0 Å². The van der Waals surface area contributed by atoms with Crippen molar-refractivity contribution in [1.29, 1.82) is 0 Å². The summed E-state index contributed by atoms with van der Waals surface area (Å²) in [6, 6.07) is 1.17. The Hall–Kier alpha value is -0.702. The Balaban J connectivity index is 0.00000121. The summed E-state index contributed by atoms with van der Waals surface area (Å²) in [5.41, 5.74) is 5.15. The van der Waals surface area contributed by atoms with E-state index in [1.165, 1.54) is 6.07 Å². The van der Waals surface area contributed by atoms with Crippen LogP contribution in [0.25, 0.3) is 0 Å². The third-order valence-electron chi connectivity index (χ3n) is 1.07. The average Bonchev–Trinajstić information content (AvgIpc) is 1.85. The van der Waals surface area contributed by atoms with Gasteiger partial charge in [-0.3, -0.25) is 8.78 Å². The van der Waals surface area contributed by atoms with E-state index in [0.717, 1.165) is 0 Å². The minimum Gasteiger partial charge on any atom is -0.368 e. The minimum absolute atomic E-state index is 0. The Morgan fingerprint density at radius 3 is 2.42 bits per heavy atom. The first kappa shape index (κ1) is 11.3. The summed E-state index contributed by atoms with van der Waals surface area (Å²) >= 11 is 0. The maximum atomic E-state index is 11.9. The molecule has 0 saturated heterocycles. The van der Waals surface area contributed by atoms with Crippen molar-refractivity contribution in [3.8, 4) is 0 Å². The maximum absolute atomic E-state index is 11.9. The fourth-order valence-corrected chi connectivity index (χ4v) is 0.688. The van der Waals surface area contributed by atoms with Gasteiger partial charge in [0.1, 0.15) is 6.43 Å². The van der Waals surface area contributed by atoms with Gasteiger partial charge in [0.2, 0.25) is 5.95 Å². The van der Waals surface area contributed by atoms with Gasteiger partial charge in [0.05, 0.1) is 0 Å². The summed E-state index contributed by atoms with van der Waals surface area (Å²) in [7, 11) is 0. The number of rotatable bonds is 1. The molecule has 64 valence electrons. The van der Waals surface area contributed by atoms with Crippen LogP contribution in [0.4, 0.5) is 14.7 Å². The van der Waals surface area contributed by atoms with E-state index in [4.69, 9.17) is 5.73 Å². The quantitative estimate of drug-likeness (QED) is 0.779. The summed E-state index contributed by atoms with van der Waals surface area (Å²) in [6.45, 7) is 1.57. The second-order valence-electron chi connectivity index (χ2n) is 2.01. The molecule has 1 aromatic heterocycles. The molecule has 0 aliphatic rings. The van der Waals surface area contributed by atoms with E-state index in [2.05, 4.69) is 9.97 Å². The van der Waals surface area contributed by atoms with Gasteiger partial charge in [-0.2, -0.15) is 6.07 Å². The van der Waals surface area contributed by atoms with Crippen LogP contribution in [0, 0.1) is 13.3 Å². The van der Waals surface area contributed by atoms with E-state index in [1.54, 1.807) is 6.92 Å². The molecule has 12 heavy (non-hydrogen) atoms. The van der Waals surface area contributed by atoms with E-state index in [-0.39, 0.29) is 27.0 Å². The molecule has 0 radical (unpaired) electrons. The minimum atomic E-state index is -1.85. The van der Waals surface area contributed by atoms with Crippen molar-refractivity contribution in [2.75, 3.05) is 5.73 Å². The van der Waals surface area contributed by atoms with E-state index in [9.17, 15) is 8.78 Å². The molecule has 0 spiro atoms. The van der Waals surface area contributed by atoms with E-state index in [0.29, 0.717) is 5.69 Å². The molecule has 0 fully saturated rings. The molecule has 3 nitrogen and oxygen atoms in total. The van der Waals surface area contributed by atoms with Gasteiger partial charge >= 0.3 is 21.1 Å². The van der Waals surface area contributed by atoms with Crippen molar-refractivity contribution in [2.45, 2.75) is 6.92 Å². The zero-order valence-corrected chi connectivity index (χ0v) is 9.15. The molecule has 0 aliphatic heterocycles. The average molecular weight is 342 g/mol. The van der Waals surface area contributed by atoms with E-state index < -0.39 is 12.1 Å². The standard InChI is InChI=1S/C6H6F2N3.W/c1-3-2-4(5(7)8)11-6(9)10-3;/h2H,1H3,(H2,9,10,11);/q-1;+2. The van der Waals surface area contributed by atoms with Gasteiger partial charge in [0, 0.05) is 0 Å². The summed E-state index contributed by atoms with van der Waals surface area (Å²) < 4.78 is 23.8. The zero-order chi connectivity index (χ0) is 8.43. The van der Waals surface area contributed by atoms with Gasteiger partial charge in [-0.05, 0) is 18.3 Å². The third-order valence-corrected chi connectivity index (χ3v) is 1.07. The molecule has 2 N–H and O–H groups in total. The molecule has 0 saturated carbocycles. The predicted molar refractivity (Wildman–Crippen MR) is 35.7 cm³/mol. The molecule has 0 atom stereocenters. The number of anilines is 1. The van der Waals surface area contributed by atoms with Crippen LogP contribution < -0.4 is 5.73 Å². The molecule has 6 heteroatoms. The largest absolute Gasteiger partial charge is 2.00 e. The summed E-state index contributed by atoms with van der Waals surface area (Å²) in [4.78, 5) is 6.95. The second kappa shape index (κ2) is 4.36. The van der Waals surface area contributed by atoms with Crippen molar-refractivity contribution >= 4 is 5.95 Å². The zero-order valence-electron chi connectivity index (χ0n) is 6.21. The number of hydrogen-bond donors (Lipinski definition) is 1. The van der Waals surface area contributed by atoms with E-state index in [1.807, 2.05) is 0 Å². The number of nitrogens with two attached hydrogens (primary N) is 1. The normalized spacial score (nSPS) is 8.92. The van der Waals surface area contributed by atoms with Gasteiger partial charge in [0.25, 0.3) is 0 Å². The van der Waals surface area contributed by atoms with E-state index >= 15 is 0 Å². The third kappa shape index (κ3) is 2.74. The predicted octanol–water partition coefficient (Wildman–Crippen LogP) is 1.14. The van der Waals surface area contributed by atoms with Crippen molar-refractivity contribution in [3.05, 3.63) is 23.9 Å². The van der Waals surface area contributed by atoms with Crippen molar-refractivity contribution < 1.29 is 29.8 Å². The Morgan fingerprint density at radius 2 is 2.00 bits per heavy atom. The molecule has 0 amide bonds. The Morgan fingerprint density at radius 1 is 1.42 bits per heavy atom. The van der Waals surface area contributed by atoms with Gasteiger partial charge in [0.15, 0.2) is 0 Å². The number of hydrogen-bond acceptors (Lipinski definition) is 3. The van der Waals surface area contributed by atoms with Crippen LogP contribution >= 0.6 is 0 Å². The first-order chi connectivity index (χ1) is 5.09. The Labute approximate surface area is 82.7 Å². The summed E-state index contributed by atoms with van der Waals surface area (Å²) in [5.74, 6) is -0.132. The summed E-state index contributed by atoms with van der Waals surface area (Å²) in [6.07, 6.45) is -1.85. The number of nitrogens with zero attached hydrogens (tertiary/aromatic N) is 2. The molecule has 1 rings (SSSR count). The Bertz CT molecular complexity index is 247. The maximum Gasteiger partial charge on any atom is 2.00 e. The molecule has 0 aliphatic carbocycles. The Kier molecular flexibility index (Phi) is 4.10. The fourth-order valence-electron chi connectivity index (χ4n) is 0.688. The van der Waals surface area contributed by atoms with Gasteiger partial charge in [-0.25, -0.2) is 9.97 Å². The van der Waals surface area contributed by atoms with Gasteiger partial charge < -0.3 is 5.73 Å². The smallest absolute Gasteiger partial charge is 0.368 e. The molecule has 1 aromatic rings. The molecule has 0 unspecified atom stereocenters. The first-order valence-electron chi connectivity index (χ1n) is 2.89. The SMILES string of the molecule is Cc1cc([C-](F)F)nc(N)n1.[W+2]. The van der Waals surface area contributed by atoms with Crippen LogP contribution in [-0.4, -0.2) is 9.97 Å². The molecule has 1 heterocycles. The second-order valence-corrected chi connectivity index (χ2v) is 2.01. The monoisotopic (exact) mass is 342 g/mol. The number of aryl methyl sites for hydroxylation is 1. The fraction of sp³-hybridized carbons (Fsp3) is 0.167. The molecular formula is C6H6F2N3W+. The molecule has 0 aromatic carbocycles. The first-order valence-corrected chi connectivity index (χ1v) is 2.89. The molecular weight excluding hydrogens is 336 g/mol. The van der Waals surface area contributed by atoms with Gasteiger partial charge in [-0.1, -0.05) is 0 Å². The van der Waals surface area contributed by atoms with Crippen LogP contribution in [-0.2, 0) is 21.1 Å². The van der Waals surface area contributed by atoms with Crippen molar-refractivity contribution in [1.82, 2.24) is 9.97 Å². The van der Waals surface area contributed by atoms with Crippen LogP contribution in [0.1, 0.15) is 11.4 Å². The van der Waals surface area contributed by atoms with Crippen molar-refractivity contribution in [2.24, 2.45) is 0 Å². The van der Waals surface area contributed by atoms with Crippen molar-refractivity contribution in [3.63, 3.8) is 0 Å². The number of halogens is 2. The summed E-state index contributed by atoms with van der Waals surface area (Å²) in [5, 5.41) is 0. The topological polar surface area (TPSA) is 51.8 Å². The van der Waals surface area contributed by atoms with Gasteiger partial charge in [-0.15, -0.1) is 0 Å². The molecule has 0 bridgehead atoms. The van der Waals surface area contributed by atoms with Crippen LogP contribution in [0.2, 0.25) is 0 Å². The van der Waals surface area contributed by atoms with Crippen LogP contribution in [0.3, 0.4) is 0 Å². The van der Waals surface area contributed by atoms with Crippen LogP contribution in [0.15, 0.2) is 6.07 Å². The number of nitrogen functional groups attached to an aromatic ring is 1. The number of aromatic nitrogens is 2.